The number of halogens is 1. The number of aromatic nitrogens is 1. The number of benzene rings is 1. The van der Waals surface area contributed by atoms with E-state index in [9.17, 15) is 9.90 Å². The largest absolute Gasteiger partial charge is 0.491 e. The van der Waals surface area contributed by atoms with Crippen LogP contribution in [0, 0.1) is 18.8 Å². The minimum atomic E-state index is -0.600. The van der Waals surface area contributed by atoms with Gasteiger partial charge in [0.1, 0.15) is 18.5 Å². The first kappa shape index (κ1) is 20.5. The molecule has 0 amide bonds. The van der Waals surface area contributed by atoms with Crippen molar-refractivity contribution < 1.29 is 14.6 Å². The van der Waals surface area contributed by atoms with Crippen LogP contribution in [0.1, 0.15) is 40.7 Å². The lowest BCUT2D eigenvalue weighted by atomic mass is 9.72. The number of carbonyl (C=O) groups is 1. The van der Waals surface area contributed by atoms with Crippen LogP contribution in [0.15, 0.2) is 24.3 Å². The van der Waals surface area contributed by atoms with Gasteiger partial charge in [0.05, 0.1) is 0 Å². The smallest absolute Gasteiger partial charge is 0.169 e. The molecular weight excluding hydrogens is 388 g/mol. The van der Waals surface area contributed by atoms with E-state index in [1.165, 1.54) is 5.56 Å². The van der Waals surface area contributed by atoms with E-state index in [1.807, 2.05) is 0 Å². The molecule has 1 saturated heterocycles. The summed E-state index contributed by atoms with van der Waals surface area (Å²) in [5, 5.41) is 11.1. The molecule has 2 N–H and O–H groups in total. The van der Waals surface area contributed by atoms with Crippen molar-refractivity contribution in [2.45, 2.75) is 39.2 Å². The van der Waals surface area contributed by atoms with Gasteiger partial charge in [0.25, 0.3) is 0 Å². The van der Waals surface area contributed by atoms with Gasteiger partial charge < -0.3 is 14.8 Å². The van der Waals surface area contributed by atoms with Crippen LogP contribution in [0.2, 0.25) is 5.02 Å². The van der Waals surface area contributed by atoms with Crippen LogP contribution in [-0.2, 0) is 12.8 Å². The summed E-state index contributed by atoms with van der Waals surface area (Å²) in [6.45, 7) is 6.54. The number of ketones is 1. The molecule has 4 rings (SSSR count). The standard InChI is InChI=1S/C23H29ClN2O3/c1-3-19-14(2)25-21-10-15-8-9-26(12-20(15)23(28)22(19)21)11-17(27)13-29-18-6-4-16(24)5-7-18/h4-7,15,17,20,25,27H,3,8-13H2,1-2H3. The van der Waals surface area contributed by atoms with E-state index < -0.39 is 6.10 Å². The number of nitrogens with zero attached hydrogens (tertiary/aromatic N) is 1. The Morgan fingerprint density at radius 1 is 1.34 bits per heavy atom. The third kappa shape index (κ3) is 4.23. The van der Waals surface area contributed by atoms with E-state index >= 15 is 0 Å². The second kappa shape index (κ2) is 8.50. The molecule has 1 aliphatic heterocycles. The molecule has 2 aromatic rings. The zero-order chi connectivity index (χ0) is 20.5. The molecule has 1 aromatic heterocycles. The zero-order valence-corrected chi connectivity index (χ0v) is 17.8. The highest BCUT2D eigenvalue weighted by molar-refractivity contribution is 6.30. The molecule has 156 valence electrons. The number of H-pyrrole nitrogens is 1. The van der Waals surface area contributed by atoms with Crippen molar-refractivity contribution in [3.8, 4) is 5.75 Å². The van der Waals surface area contributed by atoms with Crippen LogP contribution >= 0.6 is 11.6 Å². The predicted octanol–water partition coefficient (Wildman–Crippen LogP) is 3.66. The normalized spacial score (nSPS) is 22.8. The van der Waals surface area contributed by atoms with Gasteiger partial charge in [-0.05, 0) is 68.5 Å². The summed E-state index contributed by atoms with van der Waals surface area (Å²) in [4.78, 5) is 18.9. The lowest BCUT2D eigenvalue weighted by Crippen LogP contribution is -2.49. The topological polar surface area (TPSA) is 65.6 Å². The van der Waals surface area contributed by atoms with Crippen molar-refractivity contribution in [1.82, 2.24) is 9.88 Å². The number of rotatable bonds is 6. The van der Waals surface area contributed by atoms with Crippen LogP contribution < -0.4 is 4.74 Å². The second-order valence-electron chi connectivity index (χ2n) is 8.34. The number of fused-ring (bicyclic) bond motifs is 2. The van der Waals surface area contributed by atoms with Crippen molar-refractivity contribution in [2.24, 2.45) is 11.8 Å². The summed E-state index contributed by atoms with van der Waals surface area (Å²) in [6, 6.07) is 7.13. The molecule has 1 aliphatic carbocycles. The van der Waals surface area contributed by atoms with Crippen LogP contribution in [0.4, 0.5) is 0 Å². The number of aromatic amines is 1. The lowest BCUT2D eigenvalue weighted by molar-refractivity contribution is 0.0338. The quantitative estimate of drug-likeness (QED) is 0.754. The van der Waals surface area contributed by atoms with E-state index in [-0.39, 0.29) is 18.3 Å². The third-order valence-electron chi connectivity index (χ3n) is 6.36. The van der Waals surface area contributed by atoms with E-state index in [2.05, 4.69) is 23.7 Å². The third-order valence-corrected chi connectivity index (χ3v) is 6.61. The number of carbonyl (C=O) groups excluding carboxylic acids is 1. The fraction of sp³-hybridized carbons (Fsp3) is 0.522. The molecule has 3 atom stereocenters. The van der Waals surface area contributed by atoms with Crippen molar-refractivity contribution in [2.75, 3.05) is 26.2 Å². The first-order valence-corrected chi connectivity index (χ1v) is 10.9. The van der Waals surface area contributed by atoms with Gasteiger partial charge in [0.15, 0.2) is 5.78 Å². The highest BCUT2D eigenvalue weighted by atomic mass is 35.5. The maximum absolute atomic E-state index is 13.3. The van der Waals surface area contributed by atoms with Crippen LogP contribution in [0.3, 0.4) is 0 Å². The van der Waals surface area contributed by atoms with Gasteiger partial charge in [-0.15, -0.1) is 0 Å². The van der Waals surface area contributed by atoms with Crippen LogP contribution in [0.5, 0.6) is 5.75 Å². The molecular formula is C23H29ClN2O3. The molecule has 0 spiro atoms. The number of ether oxygens (including phenoxy) is 1. The highest BCUT2D eigenvalue weighted by Crippen LogP contribution is 2.38. The Morgan fingerprint density at radius 2 is 2.10 bits per heavy atom. The number of nitrogens with one attached hydrogen (secondary N) is 1. The molecule has 1 fully saturated rings. The Bertz CT molecular complexity index is 877. The Labute approximate surface area is 177 Å². The summed E-state index contributed by atoms with van der Waals surface area (Å²) < 4.78 is 5.67. The summed E-state index contributed by atoms with van der Waals surface area (Å²) >= 11 is 5.88. The van der Waals surface area contributed by atoms with Gasteiger partial charge in [-0.3, -0.25) is 9.69 Å². The minimum Gasteiger partial charge on any atom is -0.491 e. The molecule has 3 unspecified atom stereocenters. The first-order valence-electron chi connectivity index (χ1n) is 10.5. The summed E-state index contributed by atoms with van der Waals surface area (Å²) in [7, 11) is 0. The van der Waals surface area contributed by atoms with Crippen molar-refractivity contribution in [3.63, 3.8) is 0 Å². The molecule has 6 heteroatoms. The number of Topliss-reactive ketones (excluding diaryl/α,β-unsaturated/α-hetero) is 1. The molecule has 29 heavy (non-hydrogen) atoms. The monoisotopic (exact) mass is 416 g/mol. The van der Waals surface area contributed by atoms with Crippen molar-refractivity contribution >= 4 is 17.4 Å². The number of hydrogen-bond acceptors (Lipinski definition) is 4. The fourth-order valence-corrected chi connectivity index (χ4v) is 5.05. The number of piperidine rings is 1. The van der Waals surface area contributed by atoms with Crippen molar-refractivity contribution in [3.05, 3.63) is 51.8 Å². The Morgan fingerprint density at radius 3 is 2.83 bits per heavy atom. The van der Waals surface area contributed by atoms with Crippen LogP contribution in [-0.4, -0.2) is 53.1 Å². The lowest BCUT2D eigenvalue weighted by Gasteiger charge is -2.40. The molecule has 2 aliphatic rings. The highest BCUT2D eigenvalue weighted by Gasteiger charge is 2.41. The first-order chi connectivity index (χ1) is 14.0. The van der Waals surface area contributed by atoms with Crippen LogP contribution in [0.25, 0.3) is 0 Å². The molecule has 0 bridgehead atoms. The Hall–Kier alpha value is -1.82. The van der Waals surface area contributed by atoms with Gasteiger partial charge in [0.2, 0.25) is 0 Å². The minimum absolute atomic E-state index is 0.0288. The number of hydrogen-bond donors (Lipinski definition) is 2. The SMILES string of the molecule is CCc1c(C)[nH]c2c1C(=O)C1CN(CC(O)COc3ccc(Cl)cc3)CCC1C2. The van der Waals surface area contributed by atoms with E-state index in [0.717, 1.165) is 42.8 Å². The van der Waals surface area contributed by atoms with Gasteiger partial charge in [-0.1, -0.05) is 18.5 Å². The Kier molecular flexibility index (Phi) is 6.00. The fourth-order valence-electron chi connectivity index (χ4n) is 4.92. The predicted molar refractivity (Wildman–Crippen MR) is 114 cm³/mol. The maximum Gasteiger partial charge on any atom is 0.169 e. The number of aryl methyl sites for hydroxylation is 1. The maximum atomic E-state index is 13.3. The number of aliphatic hydroxyl groups is 1. The van der Waals surface area contributed by atoms with E-state index in [0.29, 0.717) is 29.8 Å². The number of likely N-dealkylation sites (tertiary alicyclic amines) is 1. The summed E-state index contributed by atoms with van der Waals surface area (Å²) in [6.07, 6.45) is 2.23. The zero-order valence-electron chi connectivity index (χ0n) is 17.1. The van der Waals surface area contributed by atoms with Crippen molar-refractivity contribution in [1.29, 1.82) is 0 Å². The van der Waals surface area contributed by atoms with Gasteiger partial charge in [-0.2, -0.15) is 0 Å². The second-order valence-corrected chi connectivity index (χ2v) is 8.77. The summed E-state index contributed by atoms with van der Waals surface area (Å²) in [5.74, 6) is 1.41. The number of β-amino-alcohol motifs (C(OH)–C–C–N with tert-alkyl or cyclic N) is 1. The molecule has 2 heterocycles. The number of aliphatic hydroxyl groups excluding tert-OH is 1. The average Bonchev–Trinajstić information content (AvgIpc) is 3.03. The summed E-state index contributed by atoms with van der Waals surface area (Å²) in [5.41, 5.74) is 4.39. The van der Waals surface area contributed by atoms with E-state index in [4.69, 9.17) is 16.3 Å². The van der Waals surface area contributed by atoms with Gasteiger partial charge in [-0.25, -0.2) is 0 Å². The molecule has 0 radical (unpaired) electrons. The average molecular weight is 417 g/mol. The van der Waals surface area contributed by atoms with E-state index in [1.54, 1.807) is 24.3 Å². The molecule has 5 nitrogen and oxygen atoms in total. The molecule has 0 saturated carbocycles. The van der Waals surface area contributed by atoms with Gasteiger partial charge >= 0.3 is 0 Å². The Balaban J connectivity index is 1.36. The molecule has 1 aromatic carbocycles. The van der Waals surface area contributed by atoms with Gasteiger partial charge in [0, 0.05) is 41.0 Å².